The Bertz CT molecular complexity index is 596. The van der Waals surface area contributed by atoms with Crippen LogP contribution < -0.4 is 4.74 Å². The first-order valence-electron chi connectivity index (χ1n) is 7.55. The molecule has 1 aromatic carbocycles. The standard InChI is InChI=1S/C16H20ClNO5/c1-2-9-23-13-4-3-11(17)10-12(13)14(19)18-7-5-16(22,6-8-18)15(20)21/h3-4,10,22H,2,5-9H2,1H3,(H,20,21). The summed E-state index contributed by atoms with van der Waals surface area (Å²) >= 11 is 5.98. The number of carbonyl (C=O) groups is 2. The van der Waals surface area contributed by atoms with Crippen LogP contribution in [-0.2, 0) is 4.79 Å². The number of aliphatic hydroxyl groups is 1. The molecule has 1 saturated heterocycles. The molecule has 1 aliphatic heterocycles. The van der Waals surface area contributed by atoms with Crippen molar-refractivity contribution in [3.05, 3.63) is 28.8 Å². The van der Waals surface area contributed by atoms with Gasteiger partial charge < -0.3 is 19.8 Å². The molecule has 0 atom stereocenters. The number of amides is 1. The monoisotopic (exact) mass is 341 g/mol. The number of carboxylic acid groups (broad SMARTS) is 1. The minimum Gasteiger partial charge on any atom is -0.493 e. The minimum absolute atomic E-state index is 0.000209. The number of carbonyl (C=O) groups excluding carboxylic acids is 1. The lowest BCUT2D eigenvalue weighted by Crippen LogP contribution is -2.50. The Morgan fingerprint density at radius 2 is 2.00 bits per heavy atom. The zero-order valence-electron chi connectivity index (χ0n) is 12.9. The fraction of sp³-hybridized carbons (Fsp3) is 0.500. The van der Waals surface area contributed by atoms with Crippen LogP contribution in [0.15, 0.2) is 18.2 Å². The lowest BCUT2D eigenvalue weighted by atomic mass is 9.91. The predicted octanol–water partition coefficient (Wildman–Crippen LogP) is 2.18. The maximum Gasteiger partial charge on any atom is 0.335 e. The number of ether oxygens (including phenoxy) is 1. The summed E-state index contributed by atoms with van der Waals surface area (Å²) in [6.07, 6.45) is 0.811. The van der Waals surface area contributed by atoms with E-state index in [1.54, 1.807) is 18.2 Å². The van der Waals surface area contributed by atoms with Gasteiger partial charge in [-0.15, -0.1) is 0 Å². The van der Waals surface area contributed by atoms with E-state index in [4.69, 9.17) is 21.4 Å². The van der Waals surface area contributed by atoms with Crippen LogP contribution in [-0.4, -0.2) is 52.3 Å². The Kier molecular flexibility index (Phi) is 5.49. The van der Waals surface area contributed by atoms with Gasteiger partial charge in [-0.25, -0.2) is 4.79 Å². The maximum atomic E-state index is 12.7. The van der Waals surface area contributed by atoms with E-state index in [-0.39, 0.29) is 31.8 Å². The molecule has 0 bridgehead atoms. The summed E-state index contributed by atoms with van der Waals surface area (Å²) in [5.41, 5.74) is -1.40. The second-order valence-electron chi connectivity index (χ2n) is 5.62. The number of aliphatic carboxylic acids is 1. The summed E-state index contributed by atoms with van der Waals surface area (Å²) in [5, 5.41) is 19.4. The van der Waals surface area contributed by atoms with Crippen LogP contribution in [0.2, 0.25) is 5.02 Å². The number of piperidine rings is 1. The Hall–Kier alpha value is -1.79. The van der Waals surface area contributed by atoms with Gasteiger partial charge in [-0.05, 0) is 24.6 Å². The summed E-state index contributed by atoms with van der Waals surface area (Å²) in [6.45, 7) is 2.79. The van der Waals surface area contributed by atoms with Gasteiger partial charge in [0.2, 0.25) is 0 Å². The van der Waals surface area contributed by atoms with E-state index in [9.17, 15) is 14.7 Å². The number of benzene rings is 1. The molecular weight excluding hydrogens is 322 g/mol. The van der Waals surface area contributed by atoms with E-state index in [2.05, 4.69) is 0 Å². The van der Waals surface area contributed by atoms with Crippen molar-refractivity contribution >= 4 is 23.5 Å². The molecule has 0 radical (unpaired) electrons. The van der Waals surface area contributed by atoms with Crippen molar-refractivity contribution in [3.8, 4) is 5.75 Å². The Morgan fingerprint density at radius 1 is 1.35 bits per heavy atom. The van der Waals surface area contributed by atoms with Gasteiger partial charge >= 0.3 is 5.97 Å². The van der Waals surface area contributed by atoms with Crippen LogP contribution in [0, 0.1) is 0 Å². The second-order valence-corrected chi connectivity index (χ2v) is 6.05. The largest absolute Gasteiger partial charge is 0.493 e. The molecule has 23 heavy (non-hydrogen) atoms. The van der Waals surface area contributed by atoms with Crippen LogP contribution in [0.1, 0.15) is 36.5 Å². The zero-order valence-corrected chi connectivity index (χ0v) is 13.7. The van der Waals surface area contributed by atoms with Crippen molar-refractivity contribution < 1.29 is 24.5 Å². The maximum absolute atomic E-state index is 12.7. The lowest BCUT2D eigenvalue weighted by molar-refractivity contribution is -0.162. The number of likely N-dealkylation sites (tertiary alicyclic amines) is 1. The number of carboxylic acids is 1. The fourth-order valence-electron chi connectivity index (χ4n) is 2.47. The molecule has 0 saturated carbocycles. The molecule has 126 valence electrons. The van der Waals surface area contributed by atoms with Crippen molar-refractivity contribution in [1.82, 2.24) is 4.90 Å². The molecule has 6 nitrogen and oxygen atoms in total. The van der Waals surface area contributed by atoms with Gasteiger partial charge in [-0.3, -0.25) is 4.79 Å². The van der Waals surface area contributed by atoms with E-state index in [0.29, 0.717) is 22.9 Å². The third-order valence-electron chi connectivity index (χ3n) is 3.91. The number of nitrogens with zero attached hydrogens (tertiary/aromatic N) is 1. The van der Waals surface area contributed by atoms with Crippen molar-refractivity contribution in [2.75, 3.05) is 19.7 Å². The highest BCUT2D eigenvalue weighted by Gasteiger charge is 2.40. The third-order valence-corrected chi connectivity index (χ3v) is 4.14. The van der Waals surface area contributed by atoms with Crippen LogP contribution >= 0.6 is 11.6 Å². The van der Waals surface area contributed by atoms with Crippen molar-refractivity contribution in [1.29, 1.82) is 0 Å². The van der Waals surface area contributed by atoms with Crippen molar-refractivity contribution in [2.45, 2.75) is 31.8 Å². The summed E-state index contributed by atoms with van der Waals surface area (Å²) in [7, 11) is 0. The molecule has 2 rings (SSSR count). The molecule has 0 spiro atoms. The number of hydrogen-bond acceptors (Lipinski definition) is 4. The van der Waals surface area contributed by atoms with E-state index in [0.717, 1.165) is 6.42 Å². The Balaban J connectivity index is 2.15. The van der Waals surface area contributed by atoms with Gasteiger partial charge in [-0.1, -0.05) is 18.5 Å². The van der Waals surface area contributed by atoms with Crippen LogP contribution in [0.3, 0.4) is 0 Å². The number of rotatable bonds is 5. The second kappa shape index (κ2) is 7.19. The smallest absolute Gasteiger partial charge is 0.335 e. The van der Waals surface area contributed by atoms with Gasteiger partial charge in [0.05, 0.1) is 12.2 Å². The quantitative estimate of drug-likeness (QED) is 0.857. The average molecular weight is 342 g/mol. The summed E-state index contributed by atoms with van der Waals surface area (Å²) in [5.74, 6) is -1.06. The van der Waals surface area contributed by atoms with Gasteiger partial charge in [0.1, 0.15) is 5.75 Å². The molecule has 1 amide bonds. The minimum atomic E-state index is -1.76. The van der Waals surface area contributed by atoms with E-state index < -0.39 is 11.6 Å². The highest BCUT2D eigenvalue weighted by Crippen LogP contribution is 2.28. The van der Waals surface area contributed by atoms with Gasteiger partial charge in [-0.2, -0.15) is 0 Å². The predicted molar refractivity (Wildman–Crippen MR) is 85.0 cm³/mol. The van der Waals surface area contributed by atoms with Gasteiger partial charge in [0.15, 0.2) is 5.60 Å². The number of halogens is 1. The molecule has 1 aromatic rings. The Morgan fingerprint density at radius 3 is 2.57 bits per heavy atom. The Labute approximate surface area is 139 Å². The average Bonchev–Trinajstić information content (AvgIpc) is 2.53. The van der Waals surface area contributed by atoms with Crippen LogP contribution in [0.5, 0.6) is 5.75 Å². The van der Waals surface area contributed by atoms with Crippen molar-refractivity contribution in [3.63, 3.8) is 0 Å². The number of hydrogen-bond donors (Lipinski definition) is 2. The highest BCUT2D eigenvalue weighted by molar-refractivity contribution is 6.31. The highest BCUT2D eigenvalue weighted by atomic mass is 35.5. The van der Waals surface area contributed by atoms with Gasteiger partial charge in [0.25, 0.3) is 5.91 Å². The molecule has 1 heterocycles. The first-order valence-corrected chi connectivity index (χ1v) is 7.92. The van der Waals surface area contributed by atoms with Crippen molar-refractivity contribution in [2.24, 2.45) is 0 Å². The van der Waals surface area contributed by atoms with Gasteiger partial charge in [0, 0.05) is 31.0 Å². The first-order chi connectivity index (χ1) is 10.9. The topological polar surface area (TPSA) is 87.1 Å². The molecule has 7 heteroatoms. The molecule has 0 aliphatic carbocycles. The fourth-order valence-corrected chi connectivity index (χ4v) is 2.64. The normalized spacial score (nSPS) is 16.9. The van der Waals surface area contributed by atoms with E-state index in [1.807, 2.05) is 6.92 Å². The zero-order chi connectivity index (χ0) is 17.0. The summed E-state index contributed by atoms with van der Waals surface area (Å²) < 4.78 is 5.58. The van der Waals surface area contributed by atoms with Crippen LogP contribution in [0.4, 0.5) is 0 Å². The van der Waals surface area contributed by atoms with E-state index >= 15 is 0 Å². The molecule has 2 N–H and O–H groups in total. The summed E-state index contributed by atoms with van der Waals surface area (Å²) in [6, 6.07) is 4.86. The molecule has 1 aliphatic rings. The SMILES string of the molecule is CCCOc1ccc(Cl)cc1C(=O)N1CCC(O)(C(=O)O)CC1. The molecular formula is C16H20ClNO5. The lowest BCUT2D eigenvalue weighted by Gasteiger charge is -2.35. The summed E-state index contributed by atoms with van der Waals surface area (Å²) in [4.78, 5) is 25.2. The third kappa shape index (κ3) is 3.95. The molecule has 1 fully saturated rings. The van der Waals surface area contributed by atoms with Crippen LogP contribution in [0.25, 0.3) is 0 Å². The van der Waals surface area contributed by atoms with E-state index in [1.165, 1.54) is 4.90 Å². The molecule has 0 aromatic heterocycles. The molecule has 0 unspecified atom stereocenters. The first kappa shape index (κ1) is 17.6.